The second kappa shape index (κ2) is 7.11. The number of hydrogen-bond donors (Lipinski definition) is 0. The predicted molar refractivity (Wildman–Crippen MR) is 101 cm³/mol. The van der Waals surface area contributed by atoms with E-state index in [9.17, 15) is 4.79 Å². The number of fused-ring (bicyclic) bond motifs is 1. The smallest absolute Gasteiger partial charge is 0.231 e. The summed E-state index contributed by atoms with van der Waals surface area (Å²) in [6, 6.07) is 22.8. The highest BCUT2D eigenvalue weighted by molar-refractivity contribution is 5.83. The fourth-order valence-corrected chi connectivity index (χ4v) is 2.66. The minimum atomic E-state index is 0.245. The molecule has 128 valence electrons. The Morgan fingerprint density at radius 1 is 0.808 bits per heavy atom. The molecule has 3 aromatic carbocycles. The Labute approximate surface area is 151 Å². The van der Waals surface area contributed by atoms with Crippen molar-refractivity contribution in [2.75, 3.05) is 11.8 Å². The molecule has 3 aromatic rings. The van der Waals surface area contributed by atoms with Crippen LogP contribution in [-0.4, -0.2) is 19.3 Å². The van der Waals surface area contributed by atoms with E-state index in [1.165, 1.54) is 0 Å². The van der Waals surface area contributed by atoms with Crippen LogP contribution in [0.25, 0.3) is 0 Å². The van der Waals surface area contributed by atoms with Crippen LogP contribution < -0.4 is 14.5 Å². The molecule has 0 saturated heterocycles. The Hall–Kier alpha value is -3.60. The van der Waals surface area contributed by atoms with Crippen LogP contribution in [0.5, 0.6) is 11.5 Å². The second-order valence-electron chi connectivity index (χ2n) is 5.71. The Kier molecular flexibility index (Phi) is 4.35. The molecule has 5 nitrogen and oxygen atoms in total. The summed E-state index contributed by atoms with van der Waals surface area (Å²) in [6.07, 6.45) is 2.59. The standard InChI is InChI=1S/C21H16N2O3/c24-14-16-6-9-19(10-7-16)23(18-4-2-1-3-5-18)22-13-17-8-11-20-21(12-17)26-15-25-20/h1-14H,15H2. The van der Waals surface area contributed by atoms with E-state index in [1.54, 1.807) is 18.3 Å². The van der Waals surface area contributed by atoms with Gasteiger partial charge in [0.05, 0.1) is 17.6 Å². The molecule has 0 amide bonds. The maximum atomic E-state index is 10.9. The Morgan fingerprint density at radius 2 is 1.50 bits per heavy atom. The maximum Gasteiger partial charge on any atom is 0.231 e. The van der Waals surface area contributed by atoms with Gasteiger partial charge in [-0.1, -0.05) is 18.2 Å². The lowest BCUT2D eigenvalue weighted by Crippen LogP contribution is -2.09. The van der Waals surface area contributed by atoms with E-state index in [1.807, 2.05) is 65.7 Å². The van der Waals surface area contributed by atoms with Gasteiger partial charge in [-0.3, -0.25) is 4.79 Å². The van der Waals surface area contributed by atoms with Gasteiger partial charge >= 0.3 is 0 Å². The number of rotatable bonds is 5. The number of para-hydroxylation sites is 1. The summed E-state index contributed by atoms with van der Waals surface area (Å²) < 4.78 is 10.7. The fraction of sp³-hybridized carbons (Fsp3) is 0.0476. The van der Waals surface area contributed by atoms with Crippen molar-refractivity contribution < 1.29 is 14.3 Å². The molecule has 0 radical (unpaired) electrons. The van der Waals surface area contributed by atoms with Crippen LogP contribution in [0, 0.1) is 0 Å². The second-order valence-corrected chi connectivity index (χ2v) is 5.71. The van der Waals surface area contributed by atoms with E-state index in [2.05, 4.69) is 5.10 Å². The molecule has 4 rings (SSSR count). The zero-order valence-electron chi connectivity index (χ0n) is 13.9. The number of carbonyl (C=O) groups excluding carboxylic acids is 1. The van der Waals surface area contributed by atoms with Gasteiger partial charge in [-0.2, -0.15) is 5.10 Å². The SMILES string of the molecule is O=Cc1ccc(N(N=Cc2ccc3c(c2)OCO3)c2ccccc2)cc1. The zero-order chi connectivity index (χ0) is 17.8. The van der Waals surface area contributed by atoms with E-state index in [-0.39, 0.29) is 6.79 Å². The number of carbonyl (C=O) groups is 1. The quantitative estimate of drug-likeness (QED) is 0.391. The Morgan fingerprint density at radius 3 is 2.27 bits per heavy atom. The molecule has 0 saturated carbocycles. The lowest BCUT2D eigenvalue weighted by molar-refractivity contribution is 0.112. The van der Waals surface area contributed by atoms with E-state index in [0.717, 1.165) is 34.7 Å². The highest BCUT2D eigenvalue weighted by Gasteiger charge is 2.13. The van der Waals surface area contributed by atoms with Crippen LogP contribution in [0.15, 0.2) is 77.9 Å². The van der Waals surface area contributed by atoms with Crippen molar-refractivity contribution in [1.82, 2.24) is 0 Å². The van der Waals surface area contributed by atoms with Crippen molar-refractivity contribution in [1.29, 1.82) is 0 Å². The van der Waals surface area contributed by atoms with Gasteiger partial charge in [-0.15, -0.1) is 0 Å². The average molecular weight is 344 g/mol. The van der Waals surface area contributed by atoms with Gasteiger partial charge in [-0.05, 0) is 60.2 Å². The molecule has 0 N–H and O–H groups in total. The average Bonchev–Trinajstić information content (AvgIpc) is 3.17. The number of ether oxygens (including phenoxy) is 2. The summed E-state index contributed by atoms with van der Waals surface area (Å²) in [4.78, 5) is 10.9. The number of hydrazone groups is 1. The first kappa shape index (κ1) is 15.9. The Balaban J connectivity index is 1.67. The van der Waals surface area contributed by atoms with Crippen LogP contribution in [0.1, 0.15) is 15.9 Å². The molecule has 1 heterocycles. The first-order valence-electron chi connectivity index (χ1n) is 8.17. The van der Waals surface area contributed by atoms with Gasteiger partial charge in [0.1, 0.15) is 6.29 Å². The van der Waals surface area contributed by atoms with Crippen LogP contribution in [0.3, 0.4) is 0 Å². The molecule has 1 aliphatic rings. The summed E-state index contributed by atoms with van der Waals surface area (Å²) in [5.74, 6) is 1.46. The topological polar surface area (TPSA) is 51.1 Å². The monoisotopic (exact) mass is 344 g/mol. The van der Waals surface area contributed by atoms with Crippen LogP contribution >= 0.6 is 0 Å². The van der Waals surface area contributed by atoms with E-state index in [0.29, 0.717) is 5.56 Å². The van der Waals surface area contributed by atoms with Gasteiger partial charge in [0.15, 0.2) is 11.5 Å². The van der Waals surface area contributed by atoms with Crippen molar-refractivity contribution in [2.24, 2.45) is 5.10 Å². The first-order chi connectivity index (χ1) is 12.8. The first-order valence-corrected chi connectivity index (χ1v) is 8.17. The molecule has 0 bridgehead atoms. The third-order valence-electron chi connectivity index (χ3n) is 3.99. The van der Waals surface area contributed by atoms with Crippen molar-refractivity contribution in [2.45, 2.75) is 0 Å². The molecule has 0 unspecified atom stereocenters. The largest absolute Gasteiger partial charge is 0.454 e. The molecule has 0 spiro atoms. The minimum absolute atomic E-state index is 0.245. The summed E-state index contributed by atoms with van der Waals surface area (Å²) in [6.45, 7) is 0.245. The van der Waals surface area contributed by atoms with E-state index >= 15 is 0 Å². The highest BCUT2D eigenvalue weighted by atomic mass is 16.7. The van der Waals surface area contributed by atoms with E-state index < -0.39 is 0 Å². The number of hydrogen-bond acceptors (Lipinski definition) is 5. The molecule has 0 atom stereocenters. The molecule has 0 aromatic heterocycles. The molecular formula is C21H16N2O3. The number of benzene rings is 3. The molecule has 0 aliphatic carbocycles. The van der Waals surface area contributed by atoms with Gasteiger partial charge in [-0.25, -0.2) is 5.01 Å². The van der Waals surface area contributed by atoms with Gasteiger partial charge < -0.3 is 9.47 Å². The number of aldehydes is 1. The predicted octanol–water partition coefficient (Wildman–Crippen LogP) is 4.40. The number of nitrogens with zero attached hydrogens (tertiary/aromatic N) is 2. The third-order valence-corrected chi connectivity index (χ3v) is 3.99. The van der Waals surface area contributed by atoms with Crippen LogP contribution in [0.2, 0.25) is 0 Å². The van der Waals surface area contributed by atoms with Gasteiger partial charge in [0.25, 0.3) is 0 Å². The van der Waals surface area contributed by atoms with Crippen LogP contribution in [-0.2, 0) is 0 Å². The highest BCUT2D eigenvalue weighted by Crippen LogP contribution is 2.32. The van der Waals surface area contributed by atoms with Crippen LogP contribution in [0.4, 0.5) is 11.4 Å². The van der Waals surface area contributed by atoms with Gasteiger partial charge in [0.2, 0.25) is 6.79 Å². The molecule has 0 fully saturated rings. The lowest BCUT2D eigenvalue weighted by Gasteiger charge is -2.19. The summed E-state index contributed by atoms with van der Waals surface area (Å²) >= 11 is 0. The normalized spacial score (nSPS) is 12.3. The summed E-state index contributed by atoms with van der Waals surface area (Å²) in [7, 11) is 0. The third kappa shape index (κ3) is 3.28. The van der Waals surface area contributed by atoms with Crippen molar-refractivity contribution in [3.05, 3.63) is 83.9 Å². The molecular weight excluding hydrogens is 328 g/mol. The van der Waals surface area contributed by atoms with Crippen molar-refractivity contribution in [3.63, 3.8) is 0 Å². The lowest BCUT2D eigenvalue weighted by atomic mass is 10.2. The fourth-order valence-electron chi connectivity index (χ4n) is 2.66. The summed E-state index contributed by atoms with van der Waals surface area (Å²) in [5.41, 5.74) is 3.31. The molecule has 26 heavy (non-hydrogen) atoms. The van der Waals surface area contributed by atoms with E-state index in [4.69, 9.17) is 9.47 Å². The Bertz CT molecular complexity index is 937. The molecule has 5 heteroatoms. The van der Waals surface area contributed by atoms with Crippen molar-refractivity contribution in [3.8, 4) is 11.5 Å². The zero-order valence-corrected chi connectivity index (χ0v) is 13.9. The van der Waals surface area contributed by atoms with Gasteiger partial charge in [0, 0.05) is 5.56 Å². The van der Waals surface area contributed by atoms with Crippen molar-refractivity contribution >= 4 is 23.9 Å². The maximum absolute atomic E-state index is 10.9. The minimum Gasteiger partial charge on any atom is -0.454 e. The number of anilines is 2. The summed E-state index contributed by atoms with van der Waals surface area (Å²) in [5, 5.41) is 6.46. The molecule has 1 aliphatic heterocycles.